The topological polar surface area (TPSA) is 63.6 Å². The van der Waals surface area contributed by atoms with E-state index < -0.39 is 23.7 Å². The van der Waals surface area contributed by atoms with Crippen LogP contribution in [0, 0.1) is 0 Å². The number of halogens is 3. The van der Waals surface area contributed by atoms with Gasteiger partial charge in [-0.25, -0.2) is 9.59 Å². The lowest BCUT2D eigenvalue weighted by Gasteiger charge is -2.09. The molecule has 0 aliphatic heterocycles. The summed E-state index contributed by atoms with van der Waals surface area (Å²) in [6, 6.07) is 7.98. The van der Waals surface area contributed by atoms with Crippen LogP contribution in [0.5, 0.6) is 0 Å². The molecule has 120 valence electrons. The number of methoxy groups -OCH3 is 1. The molecule has 0 aliphatic carbocycles. The first-order valence-corrected chi connectivity index (χ1v) is 6.36. The first-order valence-electron chi connectivity index (χ1n) is 6.36. The SMILES string of the molecule is COC(=O)c1cc(C(=O)O)cc(-c2ccc(C(F)(F)F)cc2)c1. The zero-order valence-corrected chi connectivity index (χ0v) is 11.8. The van der Waals surface area contributed by atoms with Crippen LogP contribution in [0.4, 0.5) is 13.2 Å². The van der Waals surface area contributed by atoms with Crippen LogP contribution in [0.3, 0.4) is 0 Å². The smallest absolute Gasteiger partial charge is 0.416 e. The van der Waals surface area contributed by atoms with Crippen molar-refractivity contribution in [3.8, 4) is 11.1 Å². The number of ether oxygens (including phenoxy) is 1. The second-order valence-corrected chi connectivity index (χ2v) is 4.67. The highest BCUT2D eigenvalue weighted by molar-refractivity contribution is 5.96. The highest BCUT2D eigenvalue weighted by Gasteiger charge is 2.30. The Hall–Kier alpha value is -2.83. The van der Waals surface area contributed by atoms with Gasteiger partial charge in [0.05, 0.1) is 23.8 Å². The molecule has 0 aromatic heterocycles. The molecule has 23 heavy (non-hydrogen) atoms. The van der Waals surface area contributed by atoms with Crippen LogP contribution in [0.2, 0.25) is 0 Å². The van der Waals surface area contributed by atoms with Crippen molar-refractivity contribution in [2.24, 2.45) is 0 Å². The monoisotopic (exact) mass is 324 g/mol. The van der Waals surface area contributed by atoms with Crippen molar-refractivity contribution in [3.63, 3.8) is 0 Å². The second-order valence-electron chi connectivity index (χ2n) is 4.67. The molecule has 1 N–H and O–H groups in total. The van der Waals surface area contributed by atoms with Crippen LogP contribution in [0.15, 0.2) is 42.5 Å². The van der Waals surface area contributed by atoms with Gasteiger partial charge in [0.1, 0.15) is 0 Å². The van der Waals surface area contributed by atoms with Gasteiger partial charge in [0.2, 0.25) is 0 Å². The summed E-state index contributed by atoms with van der Waals surface area (Å²) >= 11 is 0. The molecule has 0 aliphatic rings. The highest BCUT2D eigenvalue weighted by Crippen LogP contribution is 2.31. The average Bonchev–Trinajstić information content (AvgIpc) is 2.52. The van der Waals surface area contributed by atoms with E-state index in [0.29, 0.717) is 11.1 Å². The quantitative estimate of drug-likeness (QED) is 0.871. The maximum atomic E-state index is 12.6. The van der Waals surface area contributed by atoms with E-state index in [0.717, 1.165) is 25.3 Å². The average molecular weight is 324 g/mol. The maximum Gasteiger partial charge on any atom is 0.416 e. The highest BCUT2D eigenvalue weighted by atomic mass is 19.4. The van der Waals surface area contributed by atoms with E-state index in [9.17, 15) is 22.8 Å². The van der Waals surface area contributed by atoms with E-state index >= 15 is 0 Å². The molecule has 0 saturated heterocycles. The number of carboxylic acids is 1. The molecule has 0 spiro atoms. The summed E-state index contributed by atoms with van der Waals surface area (Å²) in [7, 11) is 1.15. The summed E-state index contributed by atoms with van der Waals surface area (Å²) in [4.78, 5) is 22.7. The van der Waals surface area contributed by atoms with Crippen LogP contribution in [-0.4, -0.2) is 24.2 Å². The van der Waals surface area contributed by atoms with Crippen LogP contribution in [0.1, 0.15) is 26.3 Å². The normalized spacial score (nSPS) is 11.1. The van der Waals surface area contributed by atoms with Crippen molar-refractivity contribution in [2.45, 2.75) is 6.18 Å². The zero-order chi connectivity index (χ0) is 17.2. The van der Waals surface area contributed by atoms with Crippen molar-refractivity contribution in [2.75, 3.05) is 7.11 Å². The van der Waals surface area contributed by atoms with Gasteiger partial charge in [0.25, 0.3) is 0 Å². The molecule has 0 saturated carbocycles. The van der Waals surface area contributed by atoms with Gasteiger partial charge in [0.15, 0.2) is 0 Å². The number of hydrogen-bond acceptors (Lipinski definition) is 3. The molecule has 0 radical (unpaired) electrons. The predicted molar refractivity (Wildman–Crippen MR) is 75.2 cm³/mol. The van der Waals surface area contributed by atoms with Gasteiger partial charge in [-0.1, -0.05) is 12.1 Å². The van der Waals surface area contributed by atoms with E-state index in [-0.39, 0.29) is 11.1 Å². The maximum absolute atomic E-state index is 12.6. The molecule has 0 amide bonds. The minimum atomic E-state index is -4.46. The third-order valence-corrected chi connectivity index (χ3v) is 3.15. The van der Waals surface area contributed by atoms with Crippen molar-refractivity contribution < 1.29 is 32.6 Å². The van der Waals surface area contributed by atoms with Crippen molar-refractivity contribution in [1.82, 2.24) is 0 Å². The van der Waals surface area contributed by atoms with Gasteiger partial charge in [0, 0.05) is 0 Å². The number of hydrogen-bond donors (Lipinski definition) is 1. The lowest BCUT2D eigenvalue weighted by molar-refractivity contribution is -0.137. The third kappa shape index (κ3) is 3.68. The van der Waals surface area contributed by atoms with Gasteiger partial charge < -0.3 is 9.84 Å². The molecule has 2 rings (SSSR count). The molecular formula is C16H11F3O4. The number of alkyl halides is 3. The molecule has 2 aromatic rings. The number of carbonyl (C=O) groups excluding carboxylic acids is 1. The minimum Gasteiger partial charge on any atom is -0.478 e. The number of rotatable bonds is 3. The summed E-state index contributed by atoms with van der Waals surface area (Å²) in [5, 5.41) is 9.09. The predicted octanol–water partition coefficient (Wildman–Crippen LogP) is 3.86. The third-order valence-electron chi connectivity index (χ3n) is 3.15. The first-order chi connectivity index (χ1) is 10.7. The van der Waals surface area contributed by atoms with E-state index in [4.69, 9.17) is 5.11 Å². The molecule has 7 heteroatoms. The van der Waals surface area contributed by atoms with Crippen LogP contribution >= 0.6 is 0 Å². The van der Waals surface area contributed by atoms with Crippen molar-refractivity contribution in [3.05, 3.63) is 59.2 Å². The lowest BCUT2D eigenvalue weighted by atomic mass is 9.98. The largest absolute Gasteiger partial charge is 0.478 e. The fraction of sp³-hybridized carbons (Fsp3) is 0.125. The van der Waals surface area contributed by atoms with Gasteiger partial charge in [-0.05, 0) is 41.5 Å². The molecule has 2 aromatic carbocycles. The Morgan fingerprint density at radius 1 is 0.957 bits per heavy atom. The van der Waals surface area contributed by atoms with Gasteiger partial charge in [-0.15, -0.1) is 0 Å². The fourth-order valence-corrected chi connectivity index (χ4v) is 2.01. The molecule has 0 heterocycles. The second kappa shape index (κ2) is 6.12. The van der Waals surface area contributed by atoms with Crippen molar-refractivity contribution >= 4 is 11.9 Å². The number of benzene rings is 2. The summed E-state index contributed by atoms with van der Waals surface area (Å²) in [5.74, 6) is -2.00. The number of aromatic carboxylic acids is 1. The van der Waals surface area contributed by atoms with Crippen molar-refractivity contribution in [1.29, 1.82) is 0 Å². The standard InChI is InChI=1S/C16H11F3O4/c1-23-15(22)12-7-10(6-11(8-12)14(20)21)9-2-4-13(5-3-9)16(17,18)19/h2-8H,1H3,(H,20,21). The zero-order valence-electron chi connectivity index (χ0n) is 11.8. The summed E-state index contributed by atoms with van der Waals surface area (Å²) in [6.45, 7) is 0. The van der Waals surface area contributed by atoms with E-state index in [2.05, 4.69) is 4.74 Å². The van der Waals surface area contributed by atoms with E-state index in [1.165, 1.54) is 24.3 Å². The summed E-state index contributed by atoms with van der Waals surface area (Å²) < 4.78 is 42.3. The van der Waals surface area contributed by atoms with Crippen LogP contribution < -0.4 is 0 Å². The molecule has 4 nitrogen and oxygen atoms in total. The summed E-state index contributed by atoms with van der Waals surface area (Å²) in [6.07, 6.45) is -4.46. The number of esters is 1. The first kappa shape index (κ1) is 16.5. The van der Waals surface area contributed by atoms with E-state index in [1.807, 2.05) is 0 Å². The fourth-order valence-electron chi connectivity index (χ4n) is 2.01. The van der Waals surface area contributed by atoms with Gasteiger partial charge in [-0.2, -0.15) is 13.2 Å². The van der Waals surface area contributed by atoms with Crippen LogP contribution in [-0.2, 0) is 10.9 Å². The molecule has 0 fully saturated rings. The Balaban J connectivity index is 2.51. The minimum absolute atomic E-state index is 0.00213. The Morgan fingerprint density at radius 2 is 1.52 bits per heavy atom. The van der Waals surface area contributed by atoms with Gasteiger partial charge in [-0.3, -0.25) is 0 Å². The summed E-state index contributed by atoms with van der Waals surface area (Å²) in [5.41, 5.74) is -0.320. The number of carboxylic acid groups (broad SMARTS) is 1. The number of carbonyl (C=O) groups is 2. The molecule has 0 bridgehead atoms. The van der Waals surface area contributed by atoms with Crippen LogP contribution in [0.25, 0.3) is 11.1 Å². The molecular weight excluding hydrogens is 313 g/mol. The molecule has 0 atom stereocenters. The van der Waals surface area contributed by atoms with Gasteiger partial charge >= 0.3 is 18.1 Å². The lowest BCUT2D eigenvalue weighted by Crippen LogP contribution is -2.06. The Morgan fingerprint density at radius 3 is 2.00 bits per heavy atom. The van der Waals surface area contributed by atoms with E-state index in [1.54, 1.807) is 0 Å². The Bertz CT molecular complexity index is 749. The Kier molecular flexibility index (Phi) is 4.40. The molecule has 0 unspecified atom stereocenters. The Labute approximate surface area is 129 Å².